The summed E-state index contributed by atoms with van der Waals surface area (Å²) in [5.74, 6) is -0.268. The van der Waals surface area contributed by atoms with Gasteiger partial charge in [-0.2, -0.15) is 0 Å². The van der Waals surface area contributed by atoms with E-state index in [9.17, 15) is 5.11 Å². The standard InChI is InChI=1S/C20H16O3/c21-20(14-22-18-8-4-5-9-19(18)23-20)17-12-10-16(11-13-17)15-6-2-1-3-7-15/h1-13,21H,14H2. The maximum absolute atomic E-state index is 10.8. The van der Waals surface area contributed by atoms with Gasteiger partial charge in [0.1, 0.15) is 0 Å². The van der Waals surface area contributed by atoms with Crippen LogP contribution >= 0.6 is 0 Å². The molecule has 1 aliphatic heterocycles. The summed E-state index contributed by atoms with van der Waals surface area (Å²) >= 11 is 0. The Kier molecular flexibility index (Phi) is 3.28. The summed E-state index contributed by atoms with van der Waals surface area (Å²) in [5, 5.41) is 10.8. The smallest absolute Gasteiger partial charge is 0.269 e. The highest BCUT2D eigenvalue weighted by atomic mass is 16.7. The minimum Gasteiger partial charge on any atom is -0.482 e. The Balaban J connectivity index is 1.64. The predicted molar refractivity (Wildman–Crippen MR) is 88.3 cm³/mol. The molecule has 3 aromatic carbocycles. The normalized spacial score (nSPS) is 19.3. The number of benzene rings is 3. The molecule has 3 heteroatoms. The Morgan fingerprint density at radius 3 is 2.04 bits per heavy atom. The van der Waals surface area contributed by atoms with Gasteiger partial charge in [0.25, 0.3) is 5.79 Å². The highest BCUT2D eigenvalue weighted by Crippen LogP contribution is 2.38. The molecule has 1 N–H and O–H groups in total. The Labute approximate surface area is 134 Å². The lowest BCUT2D eigenvalue weighted by Gasteiger charge is -2.34. The van der Waals surface area contributed by atoms with Gasteiger partial charge in [-0.25, -0.2) is 0 Å². The SMILES string of the molecule is OC1(c2ccc(-c3ccccc3)cc2)COc2ccccc2O1. The Hall–Kier alpha value is -2.78. The molecule has 0 bridgehead atoms. The second kappa shape index (κ2) is 5.45. The van der Waals surface area contributed by atoms with Gasteiger partial charge >= 0.3 is 0 Å². The van der Waals surface area contributed by atoms with Crippen molar-refractivity contribution in [2.75, 3.05) is 6.61 Å². The number of aliphatic hydroxyl groups is 1. The second-order valence-electron chi connectivity index (χ2n) is 5.57. The van der Waals surface area contributed by atoms with Crippen LogP contribution in [0, 0.1) is 0 Å². The topological polar surface area (TPSA) is 38.7 Å². The van der Waals surface area contributed by atoms with Crippen LogP contribution in [-0.4, -0.2) is 11.7 Å². The molecule has 0 aliphatic carbocycles. The third-order valence-corrected chi connectivity index (χ3v) is 3.99. The highest BCUT2D eigenvalue weighted by molar-refractivity contribution is 5.63. The van der Waals surface area contributed by atoms with Gasteiger partial charge in [-0.15, -0.1) is 0 Å². The molecule has 4 rings (SSSR count). The number of para-hydroxylation sites is 2. The van der Waals surface area contributed by atoms with E-state index in [2.05, 4.69) is 12.1 Å². The van der Waals surface area contributed by atoms with Crippen LogP contribution in [0.15, 0.2) is 78.9 Å². The first-order valence-electron chi connectivity index (χ1n) is 7.54. The predicted octanol–water partition coefficient (Wildman–Crippen LogP) is 3.97. The molecule has 0 saturated carbocycles. The molecule has 3 nitrogen and oxygen atoms in total. The van der Waals surface area contributed by atoms with Gasteiger partial charge in [0.2, 0.25) is 0 Å². The number of ether oxygens (including phenoxy) is 2. The molecule has 0 saturated heterocycles. The molecule has 3 aromatic rings. The molecule has 1 unspecified atom stereocenters. The van der Waals surface area contributed by atoms with E-state index in [0.717, 1.165) is 11.1 Å². The number of fused-ring (bicyclic) bond motifs is 1. The average molecular weight is 304 g/mol. The molecular formula is C20H16O3. The van der Waals surface area contributed by atoms with Crippen LogP contribution in [0.4, 0.5) is 0 Å². The van der Waals surface area contributed by atoms with E-state index in [1.807, 2.05) is 60.7 Å². The summed E-state index contributed by atoms with van der Waals surface area (Å²) in [6.45, 7) is 0.0642. The number of hydrogen-bond acceptors (Lipinski definition) is 3. The van der Waals surface area contributed by atoms with Gasteiger partial charge < -0.3 is 14.6 Å². The van der Waals surface area contributed by atoms with Crippen LogP contribution in [0.5, 0.6) is 11.5 Å². The summed E-state index contributed by atoms with van der Waals surface area (Å²) in [6, 6.07) is 25.2. The fraction of sp³-hybridized carbons (Fsp3) is 0.100. The maximum atomic E-state index is 10.8. The van der Waals surface area contributed by atoms with E-state index in [4.69, 9.17) is 9.47 Å². The minimum absolute atomic E-state index is 0.0642. The molecule has 1 heterocycles. The average Bonchev–Trinajstić information content (AvgIpc) is 2.62. The number of hydrogen-bond donors (Lipinski definition) is 1. The molecule has 0 amide bonds. The fourth-order valence-electron chi connectivity index (χ4n) is 2.74. The van der Waals surface area contributed by atoms with Crippen molar-refractivity contribution in [3.8, 4) is 22.6 Å². The molecular weight excluding hydrogens is 288 g/mol. The van der Waals surface area contributed by atoms with Crippen LogP contribution in [0.25, 0.3) is 11.1 Å². The van der Waals surface area contributed by atoms with Crippen LogP contribution < -0.4 is 9.47 Å². The van der Waals surface area contributed by atoms with Gasteiger partial charge in [-0.3, -0.25) is 0 Å². The largest absolute Gasteiger partial charge is 0.482 e. The van der Waals surface area contributed by atoms with Crippen molar-refractivity contribution in [2.24, 2.45) is 0 Å². The fourth-order valence-corrected chi connectivity index (χ4v) is 2.74. The summed E-state index contributed by atoms with van der Waals surface area (Å²) in [4.78, 5) is 0. The van der Waals surface area contributed by atoms with Crippen molar-refractivity contribution in [2.45, 2.75) is 5.79 Å². The first-order chi connectivity index (χ1) is 11.2. The summed E-state index contributed by atoms with van der Waals surface area (Å²) in [7, 11) is 0. The lowest BCUT2D eigenvalue weighted by molar-refractivity contribution is -0.182. The van der Waals surface area contributed by atoms with Crippen molar-refractivity contribution >= 4 is 0 Å². The van der Waals surface area contributed by atoms with Crippen molar-refractivity contribution in [1.29, 1.82) is 0 Å². The van der Waals surface area contributed by atoms with Crippen LogP contribution in [0.3, 0.4) is 0 Å². The maximum Gasteiger partial charge on any atom is 0.269 e. The lowest BCUT2D eigenvalue weighted by atomic mass is 10.00. The summed E-state index contributed by atoms with van der Waals surface area (Å²) < 4.78 is 11.4. The van der Waals surface area contributed by atoms with E-state index in [1.54, 1.807) is 6.07 Å². The molecule has 1 aliphatic rings. The van der Waals surface area contributed by atoms with E-state index in [1.165, 1.54) is 0 Å². The quantitative estimate of drug-likeness (QED) is 0.778. The minimum atomic E-state index is -1.47. The molecule has 114 valence electrons. The van der Waals surface area contributed by atoms with Crippen LogP contribution in [0.1, 0.15) is 5.56 Å². The van der Waals surface area contributed by atoms with E-state index in [0.29, 0.717) is 17.1 Å². The van der Waals surface area contributed by atoms with Crippen molar-refractivity contribution in [3.05, 3.63) is 84.4 Å². The van der Waals surface area contributed by atoms with Crippen molar-refractivity contribution in [3.63, 3.8) is 0 Å². The van der Waals surface area contributed by atoms with Crippen LogP contribution in [-0.2, 0) is 5.79 Å². The van der Waals surface area contributed by atoms with Crippen molar-refractivity contribution < 1.29 is 14.6 Å². The van der Waals surface area contributed by atoms with Gasteiger partial charge in [-0.05, 0) is 23.3 Å². The first-order valence-corrected chi connectivity index (χ1v) is 7.54. The summed E-state index contributed by atoms with van der Waals surface area (Å²) in [5.41, 5.74) is 2.90. The van der Waals surface area contributed by atoms with Gasteiger partial charge in [0, 0.05) is 5.56 Å². The zero-order valence-corrected chi connectivity index (χ0v) is 12.5. The monoisotopic (exact) mass is 304 g/mol. The molecule has 0 fully saturated rings. The Morgan fingerprint density at radius 2 is 1.30 bits per heavy atom. The van der Waals surface area contributed by atoms with E-state index in [-0.39, 0.29) is 6.61 Å². The lowest BCUT2D eigenvalue weighted by Crippen LogP contribution is -2.41. The Morgan fingerprint density at radius 1 is 0.696 bits per heavy atom. The van der Waals surface area contributed by atoms with E-state index >= 15 is 0 Å². The Bertz CT molecular complexity index is 812. The third-order valence-electron chi connectivity index (χ3n) is 3.99. The van der Waals surface area contributed by atoms with Gasteiger partial charge in [0.15, 0.2) is 18.1 Å². The van der Waals surface area contributed by atoms with Crippen LogP contribution in [0.2, 0.25) is 0 Å². The molecule has 0 aromatic heterocycles. The molecule has 0 spiro atoms. The van der Waals surface area contributed by atoms with E-state index < -0.39 is 5.79 Å². The summed E-state index contributed by atoms with van der Waals surface area (Å²) in [6.07, 6.45) is 0. The highest BCUT2D eigenvalue weighted by Gasteiger charge is 2.37. The number of rotatable bonds is 2. The zero-order valence-electron chi connectivity index (χ0n) is 12.5. The second-order valence-corrected chi connectivity index (χ2v) is 5.57. The zero-order chi connectivity index (χ0) is 15.7. The van der Waals surface area contributed by atoms with Gasteiger partial charge in [0.05, 0.1) is 0 Å². The van der Waals surface area contributed by atoms with Gasteiger partial charge in [-0.1, -0.05) is 66.7 Å². The third kappa shape index (κ3) is 2.56. The molecule has 1 atom stereocenters. The molecule has 23 heavy (non-hydrogen) atoms. The van der Waals surface area contributed by atoms with Crippen molar-refractivity contribution in [1.82, 2.24) is 0 Å². The molecule has 0 radical (unpaired) electrons. The first kappa shape index (κ1) is 13.9.